The predicted octanol–water partition coefficient (Wildman–Crippen LogP) is -1.89. The normalized spacial score (nSPS) is 6.00. The van der Waals surface area contributed by atoms with Gasteiger partial charge in [0, 0.05) is 0 Å². The summed E-state index contributed by atoms with van der Waals surface area (Å²) in [6, 6.07) is 12.5. The van der Waals surface area contributed by atoms with E-state index in [4.69, 9.17) is 0 Å². The number of benzene rings is 1. The van der Waals surface area contributed by atoms with E-state index in [1.807, 2.05) is 30.3 Å². The van der Waals surface area contributed by atoms with Crippen molar-refractivity contribution in [2.45, 2.75) is 0 Å². The average Bonchev–Trinajstić information content (AvgIpc) is 1.72. The molecule has 0 atom stereocenters. The Morgan fingerprint density at radius 2 is 1.38 bits per heavy atom. The fourth-order valence-electron chi connectivity index (χ4n) is 0.342. The van der Waals surface area contributed by atoms with E-state index in [-0.39, 0.29) is 54.7 Å². The molecule has 0 saturated carbocycles. The zero-order valence-corrected chi connectivity index (χ0v) is 8.27. The molecule has 0 saturated heterocycles. The van der Waals surface area contributed by atoms with Gasteiger partial charge < -0.3 is 17.0 Å². The summed E-state index contributed by atoms with van der Waals surface area (Å²) in [5, 5.41) is 0. The number of hydrogen-bond donors (Lipinski definition) is 0. The molecule has 0 heterocycles. The van der Waals surface area contributed by atoms with Crippen LogP contribution in [-0.4, -0.2) is 37.7 Å². The van der Waals surface area contributed by atoms with E-state index in [0.29, 0.717) is 0 Å². The molecular formula is C6H5BrCa. The molecule has 0 N–H and O–H groups in total. The first kappa shape index (κ1) is 11.7. The molecule has 1 aromatic carbocycles. The molecule has 0 aromatic heterocycles. The molecule has 38 valence electrons. The Hall–Kier alpha value is 0.960. The molecule has 0 bridgehead atoms. The zero-order chi connectivity index (χ0) is 4.24. The SMILES string of the molecule is [Br-].[Ca+2].[c-]1ccccc1. The van der Waals surface area contributed by atoms with Crippen molar-refractivity contribution in [3.8, 4) is 0 Å². The molecular weight excluding hydrogens is 192 g/mol. The van der Waals surface area contributed by atoms with Gasteiger partial charge in [0.2, 0.25) is 0 Å². The van der Waals surface area contributed by atoms with Gasteiger partial charge in [0.1, 0.15) is 0 Å². The van der Waals surface area contributed by atoms with E-state index in [1.165, 1.54) is 0 Å². The molecule has 8 heavy (non-hydrogen) atoms. The third-order valence-electron chi connectivity index (χ3n) is 0.607. The van der Waals surface area contributed by atoms with Crippen LogP contribution < -0.4 is 17.0 Å². The Balaban J connectivity index is 0. The summed E-state index contributed by atoms with van der Waals surface area (Å²) in [5.41, 5.74) is 0. The van der Waals surface area contributed by atoms with Gasteiger partial charge in [-0.25, -0.2) is 0 Å². The molecule has 0 nitrogen and oxygen atoms in total. The van der Waals surface area contributed by atoms with Crippen LogP contribution in [0.5, 0.6) is 0 Å². The Morgan fingerprint density at radius 3 is 1.50 bits per heavy atom. The average molecular weight is 197 g/mol. The minimum Gasteiger partial charge on any atom is -1.00 e. The van der Waals surface area contributed by atoms with Gasteiger partial charge in [-0.1, -0.05) is 0 Å². The second-order valence-electron chi connectivity index (χ2n) is 1.08. The molecule has 1 aromatic rings. The molecule has 0 unspecified atom stereocenters. The topological polar surface area (TPSA) is 0 Å². The molecule has 2 heteroatoms. The first-order chi connectivity index (χ1) is 3.00. The summed E-state index contributed by atoms with van der Waals surface area (Å²) < 4.78 is 0. The second kappa shape index (κ2) is 7.96. The predicted molar refractivity (Wildman–Crippen MR) is 31.0 cm³/mol. The van der Waals surface area contributed by atoms with Crippen LogP contribution in [0.4, 0.5) is 0 Å². The maximum absolute atomic E-state index is 2.89. The van der Waals surface area contributed by atoms with Crippen molar-refractivity contribution < 1.29 is 17.0 Å². The van der Waals surface area contributed by atoms with Crippen LogP contribution in [0.25, 0.3) is 0 Å². The third kappa shape index (κ3) is 5.10. The van der Waals surface area contributed by atoms with E-state index >= 15 is 0 Å². The van der Waals surface area contributed by atoms with Crippen molar-refractivity contribution in [3.05, 3.63) is 36.4 Å². The molecule has 1 rings (SSSR count). The van der Waals surface area contributed by atoms with Crippen molar-refractivity contribution in [1.29, 1.82) is 0 Å². The molecule has 0 aliphatic heterocycles. The quantitative estimate of drug-likeness (QED) is 0.337. The van der Waals surface area contributed by atoms with E-state index < -0.39 is 0 Å². The fourth-order valence-corrected chi connectivity index (χ4v) is 0.342. The molecule has 0 spiro atoms. The van der Waals surface area contributed by atoms with Crippen LogP contribution in [0.2, 0.25) is 0 Å². The fraction of sp³-hybridized carbons (Fsp3) is 0. The third-order valence-corrected chi connectivity index (χ3v) is 0.607. The summed E-state index contributed by atoms with van der Waals surface area (Å²) in [6.45, 7) is 0. The van der Waals surface area contributed by atoms with Gasteiger partial charge in [-0.2, -0.15) is 36.4 Å². The van der Waals surface area contributed by atoms with Crippen molar-refractivity contribution in [2.75, 3.05) is 0 Å². The van der Waals surface area contributed by atoms with E-state index in [0.717, 1.165) is 0 Å². The van der Waals surface area contributed by atoms with Gasteiger partial charge in [-0.15, -0.1) is 0 Å². The van der Waals surface area contributed by atoms with Crippen molar-refractivity contribution >= 4 is 37.7 Å². The summed E-state index contributed by atoms with van der Waals surface area (Å²) in [7, 11) is 0. The summed E-state index contributed by atoms with van der Waals surface area (Å²) in [4.78, 5) is 0. The summed E-state index contributed by atoms with van der Waals surface area (Å²) in [6.07, 6.45) is 0. The van der Waals surface area contributed by atoms with Crippen molar-refractivity contribution in [3.63, 3.8) is 0 Å². The minimum atomic E-state index is 0. The second-order valence-corrected chi connectivity index (χ2v) is 1.08. The number of hydrogen-bond acceptors (Lipinski definition) is 0. The Labute approximate surface area is 90.1 Å². The molecule has 0 aliphatic rings. The van der Waals surface area contributed by atoms with Crippen molar-refractivity contribution in [1.82, 2.24) is 0 Å². The molecule has 0 amide bonds. The first-order valence-electron chi connectivity index (χ1n) is 1.91. The summed E-state index contributed by atoms with van der Waals surface area (Å²) in [5.74, 6) is 0. The zero-order valence-electron chi connectivity index (χ0n) is 4.47. The van der Waals surface area contributed by atoms with E-state index in [9.17, 15) is 0 Å². The Morgan fingerprint density at radius 1 is 0.875 bits per heavy atom. The maximum atomic E-state index is 2.89. The van der Waals surface area contributed by atoms with E-state index in [1.54, 1.807) is 0 Å². The van der Waals surface area contributed by atoms with Gasteiger partial charge in [-0.05, 0) is 0 Å². The number of rotatable bonds is 0. The van der Waals surface area contributed by atoms with E-state index in [2.05, 4.69) is 6.07 Å². The van der Waals surface area contributed by atoms with Crippen LogP contribution in [0.15, 0.2) is 30.3 Å². The molecule has 0 radical (unpaired) electrons. The van der Waals surface area contributed by atoms with Gasteiger partial charge in [0.25, 0.3) is 0 Å². The van der Waals surface area contributed by atoms with Crippen LogP contribution in [0, 0.1) is 6.07 Å². The Bertz CT molecular complexity index is 80.5. The standard InChI is InChI=1S/C6H5.BrH.Ca/c1-2-4-6-5-3-1;;/h1-5H;1H;/q-1;;+2/p-1. The largest absolute Gasteiger partial charge is 2.00 e. The minimum absolute atomic E-state index is 0. The first-order valence-corrected chi connectivity index (χ1v) is 1.91. The van der Waals surface area contributed by atoms with Gasteiger partial charge in [-0.3, -0.25) is 0 Å². The van der Waals surface area contributed by atoms with Crippen molar-refractivity contribution in [2.24, 2.45) is 0 Å². The molecule has 0 fully saturated rings. The maximum Gasteiger partial charge on any atom is 2.00 e. The number of halogens is 1. The van der Waals surface area contributed by atoms with Crippen LogP contribution in [-0.2, 0) is 0 Å². The smallest absolute Gasteiger partial charge is 1.00 e. The van der Waals surface area contributed by atoms with Crippen LogP contribution in [0.3, 0.4) is 0 Å². The van der Waals surface area contributed by atoms with Crippen LogP contribution in [0.1, 0.15) is 0 Å². The van der Waals surface area contributed by atoms with Gasteiger partial charge >= 0.3 is 37.7 Å². The Kier molecular flexibility index (Phi) is 11.7. The van der Waals surface area contributed by atoms with Gasteiger partial charge in [0.05, 0.1) is 0 Å². The van der Waals surface area contributed by atoms with Gasteiger partial charge in [0.15, 0.2) is 0 Å². The summed E-state index contributed by atoms with van der Waals surface area (Å²) >= 11 is 0. The monoisotopic (exact) mass is 196 g/mol. The van der Waals surface area contributed by atoms with Crippen LogP contribution >= 0.6 is 0 Å². The molecule has 0 aliphatic carbocycles.